The van der Waals surface area contributed by atoms with Crippen molar-refractivity contribution < 1.29 is 18.8 Å². The molecule has 0 bridgehead atoms. The zero-order valence-electron chi connectivity index (χ0n) is 13.7. The van der Waals surface area contributed by atoms with Gasteiger partial charge in [0, 0.05) is 18.7 Å². The minimum Gasteiger partial charge on any atom is -0.482 e. The molecule has 0 unspecified atom stereocenters. The number of fused-ring (bicyclic) bond motifs is 1. The highest BCUT2D eigenvalue weighted by Crippen LogP contribution is 2.34. The molecular weight excluding hydrogens is 312 g/mol. The van der Waals surface area contributed by atoms with E-state index < -0.39 is 5.91 Å². The van der Waals surface area contributed by atoms with Crippen molar-refractivity contribution in [3.8, 4) is 17.1 Å². The van der Waals surface area contributed by atoms with Crippen LogP contribution >= 0.6 is 0 Å². The highest BCUT2D eigenvalue weighted by Gasteiger charge is 2.24. The Morgan fingerprint density at radius 3 is 3.00 bits per heavy atom. The lowest BCUT2D eigenvalue weighted by atomic mass is 10.1. The first-order chi connectivity index (χ1) is 11.5. The fourth-order valence-corrected chi connectivity index (χ4v) is 2.24. The summed E-state index contributed by atoms with van der Waals surface area (Å²) in [6.45, 7) is 3.86. The molecular formula is C16H18N4O4. The van der Waals surface area contributed by atoms with Crippen LogP contribution in [0.5, 0.6) is 5.75 Å². The lowest BCUT2D eigenvalue weighted by Gasteiger charge is -2.25. The monoisotopic (exact) mass is 330 g/mol. The summed E-state index contributed by atoms with van der Waals surface area (Å²) < 4.78 is 10.5. The van der Waals surface area contributed by atoms with E-state index >= 15 is 0 Å². The fraction of sp³-hybridized carbons (Fsp3) is 0.375. The smallest absolute Gasteiger partial charge is 0.316 e. The van der Waals surface area contributed by atoms with Gasteiger partial charge in [-0.2, -0.15) is 4.98 Å². The van der Waals surface area contributed by atoms with Gasteiger partial charge in [-0.15, -0.1) is 0 Å². The molecule has 1 aromatic carbocycles. The summed E-state index contributed by atoms with van der Waals surface area (Å²) >= 11 is 0. The van der Waals surface area contributed by atoms with Gasteiger partial charge in [0.15, 0.2) is 6.61 Å². The Labute approximate surface area is 138 Å². The fourth-order valence-electron chi connectivity index (χ4n) is 2.24. The summed E-state index contributed by atoms with van der Waals surface area (Å²) in [7, 11) is 1.69. The van der Waals surface area contributed by atoms with Gasteiger partial charge in [-0.1, -0.05) is 12.1 Å². The maximum absolute atomic E-state index is 12.0. The zero-order valence-corrected chi connectivity index (χ0v) is 13.7. The summed E-state index contributed by atoms with van der Waals surface area (Å²) in [5, 5.41) is 6.61. The van der Waals surface area contributed by atoms with Crippen LogP contribution in [0.2, 0.25) is 0 Å². The van der Waals surface area contributed by atoms with Gasteiger partial charge in [-0.05, 0) is 31.5 Å². The quantitative estimate of drug-likeness (QED) is 0.915. The van der Waals surface area contributed by atoms with E-state index in [0.29, 0.717) is 17.0 Å². The molecule has 8 nitrogen and oxygen atoms in total. The molecule has 0 aliphatic carbocycles. The van der Waals surface area contributed by atoms with Gasteiger partial charge < -0.3 is 19.5 Å². The van der Waals surface area contributed by atoms with E-state index in [-0.39, 0.29) is 30.3 Å². The standard InChI is InChI=1S/C16H18N4O4/c1-4-9(2)17-15(22)16-18-14(19-24-16)10-5-6-11-12(7-10)23-8-13(21)20(11)3/h5-7,9H,4,8H2,1-3H3,(H,17,22)/t9-/m0/s1. The number of amides is 2. The predicted octanol–water partition coefficient (Wildman–Crippen LogP) is 1.62. The van der Waals surface area contributed by atoms with Crippen LogP contribution in [0.4, 0.5) is 5.69 Å². The third-order valence-electron chi connectivity index (χ3n) is 3.91. The van der Waals surface area contributed by atoms with E-state index in [1.807, 2.05) is 13.8 Å². The number of carbonyl (C=O) groups excluding carboxylic acids is 2. The van der Waals surface area contributed by atoms with E-state index in [2.05, 4.69) is 15.5 Å². The lowest BCUT2D eigenvalue weighted by molar-refractivity contribution is -0.120. The number of hydrogen-bond acceptors (Lipinski definition) is 6. The molecule has 0 saturated heterocycles. The molecule has 2 amide bonds. The number of nitrogens with zero attached hydrogens (tertiary/aromatic N) is 3. The minimum absolute atomic E-state index is 0.0121. The molecule has 1 atom stereocenters. The Bertz CT molecular complexity index is 786. The van der Waals surface area contributed by atoms with Gasteiger partial charge in [0.2, 0.25) is 5.82 Å². The molecule has 24 heavy (non-hydrogen) atoms. The lowest BCUT2D eigenvalue weighted by Crippen LogP contribution is -2.35. The highest BCUT2D eigenvalue weighted by molar-refractivity contribution is 5.97. The summed E-state index contributed by atoms with van der Waals surface area (Å²) in [6, 6.07) is 5.24. The number of benzene rings is 1. The first kappa shape index (κ1) is 16.0. The van der Waals surface area contributed by atoms with Gasteiger partial charge in [-0.3, -0.25) is 9.59 Å². The van der Waals surface area contributed by atoms with Crippen LogP contribution in [-0.2, 0) is 4.79 Å². The second-order valence-electron chi connectivity index (χ2n) is 5.63. The normalized spacial score (nSPS) is 14.8. The molecule has 0 saturated carbocycles. The van der Waals surface area contributed by atoms with Crippen LogP contribution in [0, 0.1) is 0 Å². The van der Waals surface area contributed by atoms with Crippen molar-refractivity contribution >= 4 is 17.5 Å². The first-order valence-electron chi connectivity index (χ1n) is 7.68. The molecule has 3 rings (SSSR count). The van der Waals surface area contributed by atoms with Crippen molar-refractivity contribution in [3.63, 3.8) is 0 Å². The molecule has 1 aromatic heterocycles. The van der Waals surface area contributed by atoms with Crippen LogP contribution in [-0.4, -0.2) is 41.7 Å². The maximum atomic E-state index is 12.0. The number of carbonyl (C=O) groups is 2. The van der Waals surface area contributed by atoms with Crippen molar-refractivity contribution in [2.24, 2.45) is 0 Å². The number of nitrogens with one attached hydrogen (secondary N) is 1. The highest BCUT2D eigenvalue weighted by atomic mass is 16.5. The van der Waals surface area contributed by atoms with E-state index in [9.17, 15) is 9.59 Å². The molecule has 8 heteroatoms. The zero-order chi connectivity index (χ0) is 17.3. The molecule has 0 radical (unpaired) electrons. The molecule has 1 aliphatic heterocycles. The van der Waals surface area contributed by atoms with Crippen LogP contribution in [0.25, 0.3) is 11.4 Å². The van der Waals surface area contributed by atoms with Gasteiger partial charge in [0.25, 0.3) is 5.91 Å². The van der Waals surface area contributed by atoms with Crippen molar-refractivity contribution in [1.29, 1.82) is 0 Å². The molecule has 0 fully saturated rings. The van der Waals surface area contributed by atoms with Gasteiger partial charge in [0.05, 0.1) is 5.69 Å². The van der Waals surface area contributed by atoms with Crippen molar-refractivity contribution in [2.45, 2.75) is 26.3 Å². The van der Waals surface area contributed by atoms with E-state index in [4.69, 9.17) is 9.26 Å². The Morgan fingerprint density at radius 1 is 1.46 bits per heavy atom. The molecule has 2 heterocycles. The van der Waals surface area contributed by atoms with Crippen molar-refractivity contribution in [2.75, 3.05) is 18.6 Å². The van der Waals surface area contributed by atoms with Gasteiger partial charge in [0.1, 0.15) is 5.75 Å². The predicted molar refractivity (Wildman–Crippen MR) is 85.9 cm³/mol. The Balaban J connectivity index is 1.83. The van der Waals surface area contributed by atoms with Crippen LogP contribution in [0.15, 0.2) is 22.7 Å². The third-order valence-corrected chi connectivity index (χ3v) is 3.91. The average Bonchev–Trinajstić information content (AvgIpc) is 3.08. The Morgan fingerprint density at radius 2 is 2.25 bits per heavy atom. The largest absolute Gasteiger partial charge is 0.482 e. The molecule has 1 N–H and O–H groups in total. The van der Waals surface area contributed by atoms with Gasteiger partial charge >= 0.3 is 11.8 Å². The number of ether oxygens (including phenoxy) is 1. The van der Waals surface area contributed by atoms with E-state index in [1.165, 1.54) is 4.90 Å². The molecule has 0 spiro atoms. The maximum Gasteiger partial charge on any atom is 0.316 e. The minimum atomic E-state index is -0.400. The van der Waals surface area contributed by atoms with E-state index in [1.54, 1.807) is 25.2 Å². The van der Waals surface area contributed by atoms with E-state index in [0.717, 1.165) is 6.42 Å². The van der Waals surface area contributed by atoms with Crippen LogP contribution < -0.4 is 15.0 Å². The summed E-state index contributed by atoms with van der Waals surface area (Å²) in [4.78, 5) is 29.3. The van der Waals surface area contributed by atoms with Crippen molar-refractivity contribution in [3.05, 3.63) is 24.1 Å². The third kappa shape index (κ3) is 2.94. The average molecular weight is 330 g/mol. The molecule has 2 aromatic rings. The van der Waals surface area contributed by atoms with Crippen LogP contribution in [0.3, 0.4) is 0 Å². The summed E-state index contributed by atoms with van der Waals surface area (Å²) in [6.07, 6.45) is 0.807. The second kappa shape index (κ2) is 6.31. The molecule has 126 valence electrons. The number of likely N-dealkylation sites (N-methyl/N-ethyl adjacent to an activating group) is 1. The first-order valence-corrected chi connectivity index (χ1v) is 7.68. The number of hydrogen-bond donors (Lipinski definition) is 1. The SMILES string of the molecule is CC[C@H](C)NC(=O)c1nc(-c2ccc3c(c2)OCC(=O)N3C)no1. The van der Waals surface area contributed by atoms with Crippen molar-refractivity contribution in [1.82, 2.24) is 15.5 Å². The van der Waals surface area contributed by atoms with Crippen LogP contribution in [0.1, 0.15) is 31.0 Å². The molecule has 1 aliphatic rings. The second-order valence-corrected chi connectivity index (χ2v) is 5.63. The van der Waals surface area contributed by atoms with Gasteiger partial charge in [-0.25, -0.2) is 0 Å². The Hall–Kier alpha value is -2.90. The number of aromatic nitrogens is 2. The number of anilines is 1. The summed E-state index contributed by atoms with van der Waals surface area (Å²) in [5.74, 6) is 0.248. The topological polar surface area (TPSA) is 97.6 Å². The number of rotatable bonds is 4. The Kier molecular flexibility index (Phi) is 4.20. The summed E-state index contributed by atoms with van der Waals surface area (Å²) in [5.41, 5.74) is 1.32.